The molecule has 0 saturated heterocycles. The van der Waals surface area contributed by atoms with Gasteiger partial charge in [-0.05, 0) is 24.6 Å². The Balaban J connectivity index is 2.13. The molecular formula is C17H15N3O2. The van der Waals surface area contributed by atoms with E-state index in [1.54, 1.807) is 24.7 Å². The van der Waals surface area contributed by atoms with E-state index in [0.717, 1.165) is 5.56 Å². The molecule has 5 nitrogen and oxygen atoms in total. The standard InChI is InChI=1S/C17H15N3O2/c1-11-15-14(17(21)22)10-13(18-16(15)20(2)19-11)9-8-12-6-4-3-5-7-12/h3-10H,1-2H3,(H,21,22)/b9-8+. The molecule has 110 valence electrons. The molecule has 5 heteroatoms. The number of fused-ring (bicyclic) bond motifs is 1. The molecule has 1 aromatic carbocycles. The van der Waals surface area contributed by atoms with Gasteiger partial charge in [0.05, 0.1) is 22.3 Å². The molecule has 0 aliphatic carbocycles. The quantitative estimate of drug-likeness (QED) is 0.805. The van der Waals surface area contributed by atoms with Gasteiger partial charge in [-0.1, -0.05) is 36.4 Å². The van der Waals surface area contributed by atoms with Gasteiger partial charge in [-0.15, -0.1) is 0 Å². The summed E-state index contributed by atoms with van der Waals surface area (Å²) in [5, 5.41) is 14.3. The van der Waals surface area contributed by atoms with E-state index >= 15 is 0 Å². The summed E-state index contributed by atoms with van der Waals surface area (Å²) in [7, 11) is 1.76. The molecule has 0 bridgehead atoms. The van der Waals surface area contributed by atoms with Crippen LogP contribution in [0.2, 0.25) is 0 Å². The smallest absolute Gasteiger partial charge is 0.336 e. The number of carboxylic acids is 1. The number of pyridine rings is 1. The molecular weight excluding hydrogens is 278 g/mol. The summed E-state index contributed by atoms with van der Waals surface area (Å²) in [5.74, 6) is -0.974. The number of aromatic carboxylic acids is 1. The van der Waals surface area contributed by atoms with E-state index in [1.807, 2.05) is 42.5 Å². The van der Waals surface area contributed by atoms with Gasteiger partial charge in [0.1, 0.15) is 0 Å². The Morgan fingerprint density at radius 2 is 1.95 bits per heavy atom. The van der Waals surface area contributed by atoms with Crippen LogP contribution in [0, 0.1) is 6.92 Å². The zero-order valence-corrected chi connectivity index (χ0v) is 12.3. The molecule has 0 fully saturated rings. The number of carboxylic acid groups (broad SMARTS) is 1. The van der Waals surface area contributed by atoms with Crippen molar-refractivity contribution < 1.29 is 9.90 Å². The van der Waals surface area contributed by atoms with Crippen LogP contribution in [0.3, 0.4) is 0 Å². The number of benzene rings is 1. The fourth-order valence-electron chi connectivity index (χ4n) is 2.46. The second-order valence-corrected chi connectivity index (χ2v) is 5.05. The summed E-state index contributed by atoms with van der Waals surface area (Å²) >= 11 is 0. The van der Waals surface area contributed by atoms with E-state index in [0.29, 0.717) is 22.4 Å². The number of hydrogen-bond donors (Lipinski definition) is 1. The lowest BCUT2D eigenvalue weighted by molar-refractivity contribution is 0.0699. The van der Waals surface area contributed by atoms with Gasteiger partial charge >= 0.3 is 5.97 Å². The maximum absolute atomic E-state index is 11.5. The van der Waals surface area contributed by atoms with Gasteiger partial charge in [-0.2, -0.15) is 5.10 Å². The van der Waals surface area contributed by atoms with Crippen LogP contribution in [0.5, 0.6) is 0 Å². The van der Waals surface area contributed by atoms with Crippen molar-refractivity contribution in [2.75, 3.05) is 0 Å². The average Bonchev–Trinajstić information content (AvgIpc) is 2.80. The van der Waals surface area contributed by atoms with Crippen molar-refractivity contribution in [3.8, 4) is 0 Å². The monoisotopic (exact) mass is 293 g/mol. The van der Waals surface area contributed by atoms with Gasteiger partial charge in [0.25, 0.3) is 0 Å². The van der Waals surface area contributed by atoms with Crippen LogP contribution < -0.4 is 0 Å². The van der Waals surface area contributed by atoms with Gasteiger partial charge in [-0.3, -0.25) is 4.68 Å². The number of hydrogen-bond acceptors (Lipinski definition) is 3. The lowest BCUT2D eigenvalue weighted by Crippen LogP contribution is -2.01. The first-order chi connectivity index (χ1) is 10.6. The van der Waals surface area contributed by atoms with Crippen molar-refractivity contribution >= 4 is 29.2 Å². The van der Waals surface area contributed by atoms with Crippen LogP contribution in [0.25, 0.3) is 23.2 Å². The summed E-state index contributed by atoms with van der Waals surface area (Å²) < 4.78 is 1.61. The normalized spacial score (nSPS) is 11.4. The highest BCUT2D eigenvalue weighted by molar-refractivity contribution is 6.03. The second-order valence-electron chi connectivity index (χ2n) is 5.05. The summed E-state index contributed by atoms with van der Waals surface area (Å²) in [6.45, 7) is 1.79. The Morgan fingerprint density at radius 1 is 1.23 bits per heavy atom. The van der Waals surface area contributed by atoms with Crippen LogP contribution in [-0.4, -0.2) is 25.8 Å². The van der Waals surface area contributed by atoms with Crippen molar-refractivity contribution in [3.05, 3.63) is 58.9 Å². The molecule has 0 aliphatic rings. The Kier molecular flexibility index (Phi) is 3.47. The minimum atomic E-state index is -0.974. The van der Waals surface area contributed by atoms with Crippen molar-refractivity contribution in [3.63, 3.8) is 0 Å². The third-order valence-corrected chi connectivity index (χ3v) is 3.47. The van der Waals surface area contributed by atoms with Crippen molar-refractivity contribution in [1.29, 1.82) is 0 Å². The predicted molar refractivity (Wildman–Crippen MR) is 85.6 cm³/mol. The van der Waals surface area contributed by atoms with Crippen LogP contribution in [0.1, 0.15) is 27.3 Å². The third kappa shape index (κ3) is 2.48. The molecule has 3 rings (SSSR count). The first kappa shape index (κ1) is 14.0. The topological polar surface area (TPSA) is 68.0 Å². The second kappa shape index (κ2) is 5.44. The molecule has 0 saturated carbocycles. The fraction of sp³-hybridized carbons (Fsp3) is 0.118. The highest BCUT2D eigenvalue weighted by atomic mass is 16.4. The Hall–Kier alpha value is -2.95. The maximum Gasteiger partial charge on any atom is 0.336 e. The molecule has 2 aromatic heterocycles. The van der Waals surface area contributed by atoms with Crippen LogP contribution in [0.15, 0.2) is 36.4 Å². The van der Waals surface area contributed by atoms with Crippen LogP contribution in [0.4, 0.5) is 0 Å². The SMILES string of the molecule is Cc1nn(C)c2nc(/C=C/c3ccccc3)cc(C(=O)O)c12. The minimum absolute atomic E-state index is 0.225. The van der Waals surface area contributed by atoms with Gasteiger partial charge in [0.2, 0.25) is 0 Å². The highest BCUT2D eigenvalue weighted by Gasteiger charge is 2.17. The molecule has 2 heterocycles. The van der Waals surface area contributed by atoms with Gasteiger partial charge in [0, 0.05) is 7.05 Å². The number of aromatic nitrogens is 3. The van der Waals surface area contributed by atoms with E-state index in [2.05, 4.69) is 10.1 Å². The van der Waals surface area contributed by atoms with Crippen molar-refractivity contribution in [2.24, 2.45) is 7.05 Å². The van der Waals surface area contributed by atoms with E-state index in [1.165, 1.54) is 0 Å². The molecule has 0 amide bonds. The lowest BCUT2D eigenvalue weighted by Gasteiger charge is -2.02. The van der Waals surface area contributed by atoms with E-state index in [9.17, 15) is 9.90 Å². The Morgan fingerprint density at radius 3 is 2.64 bits per heavy atom. The van der Waals surface area contributed by atoms with Crippen LogP contribution in [-0.2, 0) is 7.05 Å². The third-order valence-electron chi connectivity index (χ3n) is 3.47. The number of nitrogens with zero attached hydrogens (tertiary/aromatic N) is 3. The minimum Gasteiger partial charge on any atom is -0.478 e. The molecule has 0 atom stereocenters. The largest absolute Gasteiger partial charge is 0.478 e. The van der Waals surface area contributed by atoms with Gasteiger partial charge in [0.15, 0.2) is 5.65 Å². The molecule has 3 aromatic rings. The predicted octanol–water partition coefficient (Wildman–Crippen LogP) is 3.15. The zero-order chi connectivity index (χ0) is 15.7. The summed E-state index contributed by atoms with van der Waals surface area (Å²) in [6, 6.07) is 11.4. The van der Waals surface area contributed by atoms with E-state index in [4.69, 9.17) is 0 Å². The number of carbonyl (C=O) groups is 1. The molecule has 1 N–H and O–H groups in total. The first-order valence-corrected chi connectivity index (χ1v) is 6.87. The molecule has 0 unspecified atom stereocenters. The molecule has 0 spiro atoms. The Labute approximate surface area is 127 Å². The van der Waals surface area contributed by atoms with Crippen molar-refractivity contribution in [2.45, 2.75) is 6.92 Å². The summed E-state index contributed by atoms with van der Waals surface area (Å²) in [6.07, 6.45) is 3.71. The summed E-state index contributed by atoms with van der Waals surface area (Å²) in [5.41, 5.74) is 3.09. The lowest BCUT2D eigenvalue weighted by atomic mass is 10.1. The molecule has 0 radical (unpaired) electrons. The zero-order valence-electron chi connectivity index (χ0n) is 12.3. The van der Waals surface area contributed by atoms with Gasteiger partial charge in [-0.25, -0.2) is 9.78 Å². The van der Waals surface area contributed by atoms with E-state index < -0.39 is 5.97 Å². The first-order valence-electron chi connectivity index (χ1n) is 6.87. The molecule has 22 heavy (non-hydrogen) atoms. The maximum atomic E-state index is 11.5. The summed E-state index contributed by atoms with van der Waals surface area (Å²) in [4.78, 5) is 16.0. The van der Waals surface area contributed by atoms with E-state index in [-0.39, 0.29) is 5.56 Å². The number of rotatable bonds is 3. The van der Waals surface area contributed by atoms with Crippen LogP contribution >= 0.6 is 0 Å². The molecule has 0 aliphatic heterocycles. The van der Waals surface area contributed by atoms with Gasteiger partial charge < -0.3 is 5.11 Å². The highest BCUT2D eigenvalue weighted by Crippen LogP contribution is 2.22. The Bertz CT molecular complexity index is 880. The van der Waals surface area contributed by atoms with Crippen molar-refractivity contribution in [1.82, 2.24) is 14.8 Å². The fourth-order valence-corrected chi connectivity index (χ4v) is 2.46. The average molecular weight is 293 g/mol. The number of aryl methyl sites for hydroxylation is 2.